The molecule has 3 aliphatic heterocycles. The molecule has 13 heteroatoms. The van der Waals surface area contributed by atoms with Gasteiger partial charge < -0.3 is 29.9 Å². The lowest BCUT2D eigenvalue weighted by molar-refractivity contribution is -0.110. The van der Waals surface area contributed by atoms with Crippen LogP contribution < -0.4 is 20.0 Å². The number of piperazine rings is 1. The summed E-state index contributed by atoms with van der Waals surface area (Å²) in [5.41, 5.74) is 3.07. The number of thioether (sulfide) groups is 1. The predicted octanol–water partition coefficient (Wildman–Crippen LogP) is 3.50. The van der Waals surface area contributed by atoms with Crippen LogP contribution in [0, 0.1) is 5.82 Å². The van der Waals surface area contributed by atoms with Crippen LogP contribution in [0.2, 0.25) is 0 Å². The number of benzene rings is 2. The van der Waals surface area contributed by atoms with E-state index in [-0.39, 0.29) is 18.2 Å². The van der Waals surface area contributed by atoms with Crippen LogP contribution >= 0.6 is 24.0 Å². The molecule has 0 radical (unpaired) electrons. The van der Waals surface area contributed by atoms with Gasteiger partial charge in [-0.15, -0.1) is 0 Å². The summed E-state index contributed by atoms with van der Waals surface area (Å²) in [4.78, 5) is 42.0. The minimum Gasteiger partial charge on any atom is -0.465 e. The number of carbonyl (C=O) groups excluding carboxylic acids is 2. The van der Waals surface area contributed by atoms with E-state index in [1.54, 1.807) is 12.1 Å². The highest BCUT2D eigenvalue weighted by atomic mass is 32.2. The molecule has 2 aromatic carbocycles. The number of hydrogen-bond donors (Lipinski definition) is 2. The maximum atomic E-state index is 15.1. The van der Waals surface area contributed by atoms with Crippen LogP contribution in [-0.2, 0) is 16.1 Å². The van der Waals surface area contributed by atoms with Gasteiger partial charge in [-0.25, -0.2) is 14.0 Å². The molecular formula is C26H28FN5O5S2. The highest BCUT2D eigenvalue weighted by Crippen LogP contribution is 2.30. The Morgan fingerprint density at radius 1 is 1.08 bits per heavy atom. The van der Waals surface area contributed by atoms with Gasteiger partial charge >= 0.3 is 12.2 Å². The Kier molecular flexibility index (Phi) is 8.07. The first-order valence-electron chi connectivity index (χ1n) is 12.6. The fourth-order valence-electron chi connectivity index (χ4n) is 4.92. The Bertz CT molecular complexity index is 1270. The highest BCUT2D eigenvalue weighted by molar-refractivity contribution is 8.33. The topological polar surface area (TPSA) is 106 Å². The van der Waals surface area contributed by atoms with Crippen LogP contribution in [0.3, 0.4) is 0 Å². The van der Waals surface area contributed by atoms with E-state index in [4.69, 9.17) is 22.1 Å². The highest BCUT2D eigenvalue weighted by Gasteiger charge is 2.33. The van der Waals surface area contributed by atoms with E-state index in [1.807, 2.05) is 21.9 Å². The number of amides is 2. The summed E-state index contributed by atoms with van der Waals surface area (Å²) in [7, 11) is 0. The third-order valence-electron chi connectivity index (χ3n) is 6.93. The summed E-state index contributed by atoms with van der Waals surface area (Å²) in [5.74, 6) is -0.412. The maximum absolute atomic E-state index is 15.1. The Hall–Kier alpha value is -3.58. The van der Waals surface area contributed by atoms with Crippen molar-refractivity contribution in [2.75, 3.05) is 60.5 Å². The monoisotopic (exact) mass is 573 g/mol. The van der Waals surface area contributed by atoms with Crippen molar-refractivity contribution in [3.8, 4) is 0 Å². The van der Waals surface area contributed by atoms with E-state index in [1.165, 1.54) is 11.0 Å². The number of carboxylic acid groups (broad SMARTS) is 1. The van der Waals surface area contributed by atoms with Gasteiger partial charge in [0.25, 0.3) is 0 Å². The molecule has 3 heterocycles. The van der Waals surface area contributed by atoms with Crippen LogP contribution in [0.1, 0.15) is 12.0 Å². The zero-order valence-electron chi connectivity index (χ0n) is 21.0. The van der Waals surface area contributed by atoms with Gasteiger partial charge in [0.1, 0.15) is 16.2 Å². The van der Waals surface area contributed by atoms with Gasteiger partial charge in [0.05, 0.1) is 24.5 Å². The molecule has 206 valence electrons. The van der Waals surface area contributed by atoms with Crippen molar-refractivity contribution in [2.24, 2.45) is 0 Å². The Morgan fingerprint density at radius 3 is 2.41 bits per heavy atom. The molecule has 1 unspecified atom stereocenters. The van der Waals surface area contributed by atoms with E-state index in [0.717, 1.165) is 36.1 Å². The quantitative estimate of drug-likeness (QED) is 0.456. The molecule has 0 saturated carbocycles. The lowest BCUT2D eigenvalue weighted by Crippen LogP contribution is -2.46. The minimum absolute atomic E-state index is 0.0792. The van der Waals surface area contributed by atoms with Crippen LogP contribution in [0.5, 0.6) is 0 Å². The fraction of sp³-hybridized carbons (Fsp3) is 0.385. The summed E-state index contributed by atoms with van der Waals surface area (Å²) in [6.07, 6.45) is -1.83. The molecular weight excluding hydrogens is 545 g/mol. The second kappa shape index (κ2) is 11.7. The summed E-state index contributed by atoms with van der Waals surface area (Å²) >= 11 is 6.38. The van der Waals surface area contributed by atoms with Gasteiger partial charge in [0.2, 0.25) is 5.12 Å². The molecule has 39 heavy (non-hydrogen) atoms. The van der Waals surface area contributed by atoms with E-state index in [9.17, 15) is 14.4 Å². The molecule has 5 rings (SSSR count). The minimum atomic E-state index is -1.13. The van der Waals surface area contributed by atoms with Crippen molar-refractivity contribution in [3.05, 3.63) is 53.8 Å². The van der Waals surface area contributed by atoms with Gasteiger partial charge in [-0.2, -0.15) is 0 Å². The molecule has 0 aliphatic carbocycles. The average Bonchev–Trinajstić information content (AvgIpc) is 3.44. The van der Waals surface area contributed by atoms with Crippen LogP contribution in [0.15, 0.2) is 42.5 Å². The molecule has 3 saturated heterocycles. The van der Waals surface area contributed by atoms with Gasteiger partial charge in [0, 0.05) is 51.4 Å². The van der Waals surface area contributed by atoms with E-state index in [2.05, 4.69) is 22.3 Å². The molecule has 0 aromatic heterocycles. The Morgan fingerprint density at radius 2 is 1.77 bits per heavy atom. The molecule has 0 bridgehead atoms. The number of nitrogens with zero attached hydrogens (tertiary/aromatic N) is 4. The van der Waals surface area contributed by atoms with Gasteiger partial charge in [-0.3, -0.25) is 9.69 Å². The average molecular weight is 574 g/mol. The normalized spacial score (nSPS) is 19.6. The molecule has 3 aliphatic rings. The van der Waals surface area contributed by atoms with E-state index in [0.29, 0.717) is 48.3 Å². The number of nitrogens with one attached hydrogen (secondary N) is 1. The molecule has 1 atom stereocenters. The van der Waals surface area contributed by atoms with E-state index < -0.39 is 24.1 Å². The van der Waals surface area contributed by atoms with Crippen LogP contribution in [0.4, 0.5) is 31.0 Å². The number of thiocarbonyl (C=S) groups is 1. The first-order chi connectivity index (χ1) is 18.8. The van der Waals surface area contributed by atoms with Crippen molar-refractivity contribution in [1.29, 1.82) is 0 Å². The number of hydrogen-bond acceptors (Lipinski definition) is 8. The zero-order chi connectivity index (χ0) is 27.5. The number of rotatable bonds is 8. The number of anilines is 3. The second-order valence-corrected chi connectivity index (χ2v) is 11.2. The fourth-order valence-corrected chi connectivity index (χ4v) is 6.00. The smallest absolute Gasteiger partial charge is 0.414 e. The molecule has 3 fully saturated rings. The van der Waals surface area contributed by atoms with Crippen molar-refractivity contribution in [2.45, 2.75) is 19.1 Å². The number of halogens is 1. The third-order valence-corrected chi connectivity index (χ3v) is 8.23. The van der Waals surface area contributed by atoms with E-state index >= 15 is 4.39 Å². The molecule has 0 spiro atoms. The first kappa shape index (κ1) is 27.0. The van der Waals surface area contributed by atoms with Crippen LogP contribution in [-0.4, -0.2) is 83.5 Å². The summed E-state index contributed by atoms with van der Waals surface area (Å²) in [6, 6.07) is 13.0. The zero-order valence-corrected chi connectivity index (χ0v) is 22.7. The molecule has 2 aromatic rings. The maximum Gasteiger partial charge on any atom is 0.414 e. The largest absolute Gasteiger partial charge is 0.465 e. The molecule has 2 N–H and O–H groups in total. The first-order valence-corrected chi connectivity index (χ1v) is 13.8. The Balaban J connectivity index is 1.14. The lowest BCUT2D eigenvalue weighted by atomic mass is 10.1. The standard InChI is InChI=1S/C26H28FN5O5S2/c27-21-13-19(32-15-20(37-25(32)36)7-8-28-24(34)35)5-6-22(21)30-11-9-29(10-12-30)18-3-1-17(2-4-18)14-31-16-23(33)39-26(31)38/h1-6,13,20,28H,7-12,14-16H2,(H,34,35). The number of cyclic esters (lactones) is 1. The Labute approximate surface area is 234 Å². The van der Waals surface area contributed by atoms with Crippen molar-refractivity contribution in [1.82, 2.24) is 10.2 Å². The second-order valence-electron chi connectivity index (χ2n) is 9.51. The number of ether oxygens (including phenoxy) is 1. The van der Waals surface area contributed by atoms with Crippen molar-refractivity contribution < 1.29 is 28.6 Å². The lowest BCUT2D eigenvalue weighted by Gasteiger charge is -2.37. The van der Waals surface area contributed by atoms with Gasteiger partial charge in [0.15, 0.2) is 0 Å². The van der Waals surface area contributed by atoms with Crippen molar-refractivity contribution >= 4 is 62.7 Å². The summed E-state index contributed by atoms with van der Waals surface area (Å²) in [6.45, 7) is 4.10. The molecule has 10 nitrogen and oxygen atoms in total. The predicted molar refractivity (Wildman–Crippen MR) is 151 cm³/mol. The van der Waals surface area contributed by atoms with Gasteiger partial charge in [-0.05, 0) is 47.7 Å². The summed E-state index contributed by atoms with van der Waals surface area (Å²) in [5, 5.41) is 11.0. The third kappa shape index (κ3) is 6.36. The van der Waals surface area contributed by atoms with Gasteiger partial charge in [-0.1, -0.05) is 24.4 Å². The summed E-state index contributed by atoms with van der Waals surface area (Å²) < 4.78 is 21.1. The van der Waals surface area contributed by atoms with Crippen molar-refractivity contribution in [3.63, 3.8) is 0 Å². The van der Waals surface area contributed by atoms with Crippen LogP contribution in [0.25, 0.3) is 0 Å². The molecule has 2 amide bonds. The number of carbonyl (C=O) groups is 3. The SMILES string of the molecule is O=C(O)NCCC1CN(c2ccc(N3CCN(c4ccc(CN5CC(=O)SC5=S)cc4)CC3)c(F)c2)C(=O)O1.